The largest absolute Gasteiger partial charge is 0.481 e. The summed E-state index contributed by atoms with van der Waals surface area (Å²) in [6.45, 7) is 0.791. The highest BCUT2D eigenvalue weighted by Gasteiger charge is 2.65. The minimum Gasteiger partial charge on any atom is -0.481 e. The fourth-order valence-electron chi connectivity index (χ4n) is 2.94. The van der Waals surface area contributed by atoms with Gasteiger partial charge in [0, 0.05) is 6.54 Å². The molecule has 23 heavy (non-hydrogen) atoms. The number of aliphatic carboxylic acids is 1. The maximum absolute atomic E-state index is 12.3. The normalized spacial score (nSPS) is 21.8. The topological polar surface area (TPSA) is 75.6 Å². The predicted octanol–water partition coefficient (Wildman–Crippen LogP) is 2.30. The average Bonchev–Trinajstić information content (AvgIpc) is 3.03. The van der Waals surface area contributed by atoms with Crippen molar-refractivity contribution in [3.63, 3.8) is 0 Å². The lowest BCUT2D eigenvalue weighted by atomic mass is 10.1. The van der Waals surface area contributed by atoms with Crippen LogP contribution in [0.15, 0.2) is 24.3 Å². The molecule has 0 aliphatic heterocycles. The summed E-state index contributed by atoms with van der Waals surface area (Å²) in [7, 11) is 0. The summed E-state index contributed by atoms with van der Waals surface area (Å²) in [6, 6.07) is 6.36. The second-order valence-electron chi connectivity index (χ2n) is 6.14. The maximum Gasteiger partial charge on any atom is 0.387 e. The molecule has 0 bridgehead atoms. The molecule has 1 amide bonds. The molecule has 1 aliphatic carbocycles. The van der Waals surface area contributed by atoms with Gasteiger partial charge in [-0.25, -0.2) is 0 Å². The lowest BCUT2D eigenvalue weighted by Crippen LogP contribution is -2.29. The van der Waals surface area contributed by atoms with Crippen molar-refractivity contribution < 1.29 is 28.2 Å². The van der Waals surface area contributed by atoms with Crippen molar-refractivity contribution in [1.82, 2.24) is 5.32 Å². The van der Waals surface area contributed by atoms with E-state index in [0.717, 1.165) is 0 Å². The Balaban J connectivity index is 1.89. The number of carboxylic acids is 1. The smallest absolute Gasteiger partial charge is 0.387 e. The van der Waals surface area contributed by atoms with Crippen LogP contribution in [0.1, 0.15) is 19.4 Å². The van der Waals surface area contributed by atoms with Crippen molar-refractivity contribution in [2.75, 3.05) is 6.54 Å². The van der Waals surface area contributed by atoms with Crippen LogP contribution in [-0.4, -0.2) is 30.1 Å². The van der Waals surface area contributed by atoms with Crippen LogP contribution in [-0.2, 0) is 16.0 Å². The first kappa shape index (κ1) is 17.2. The summed E-state index contributed by atoms with van der Waals surface area (Å²) in [5.74, 6) is -2.48. The fraction of sp³-hybridized carbons (Fsp3) is 0.500. The molecule has 2 atom stereocenters. The first-order valence-corrected chi connectivity index (χ1v) is 7.28. The number of ether oxygens (including phenoxy) is 1. The highest BCUT2D eigenvalue weighted by atomic mass is 19.3. The van der Waals surface area contributed by atoms with Gasteiger partial charge >= 0.3 is 12.6 Å². The zero-order valence-electron chi connectivity index (χ0n) is 12.9. The first-order chi connectivity index (χ1) is 10.7. The number of hydrogen-bond donors (Lipinski definition) is 2. The van der Waals surface area contributed by atoms with E-state index in [-0.39, 0.29) is 18.2 Å². The summed E-state index contributed by atoms with van der Waals surface area (Å²) in [6.07, 6.45) is 0.319. The van der Waals surface area contributed by atoms with Gasteiger partial charge in [0.15, 0.2) is 0 Å². The van der Waals surface area contributed by atoms with E-state index in [0.29, 0.717) is 12.0 Å². The van der Waals surface area contributed by atoms with Gasteiger partial charge in [-0.2, -0.15) is 8.78 Å². The molecule has 2 rings (SSSR count). The van der Waals surface area contributed by atoms with Crippen molar-refractivity contribution in [1.29, 1.82) is 0 Å². The van der Waals surface area contributed by atoms with E-state index >= 15 is 0 Å². The third kappa shape index (κ3) is 3.78. The molecule has 0 aromatic heterocycles. The standard InChI is InChI=1S/C16H19F2NO4/c1-16(2)11(12(16)14(21)22)13(20)19-8-7-9-5-3-4-6-10(9)23-15(17)18/h3-6,11-12,15H,7-8H2,1-2H3,(H,19,20)(H,21,22)/t11-,12+/m1/s1. The van der Waals surface area contributed by atoms with E-state index in [1.165, 1.54) is 6.07 Å². The van der Waals surface area contributed by atoms with Gasteiger partial charge < -0.3 is 15.2 Å². The van der Waals surface area contributed by atoms with Crippen LogP contribution in [0.2, 0.25) is 0 Å². The minimum atomic E-state index is -2.91. The predicted molar refractivity (Wildman–Crippen MR) is 78.2 cm³/mol. The molecule has 1 fully saturated rings. The van der Waals surface area contributed by atoms with Crippen molar-refractivity contribution in [2.45, 2.75) is 26.9 Å². The highest BCUT2D eigenvalue weighted by Crippen LogP contribution is 2.58. The van der Waals surface area contributed by atoms with Gasteiger partial charge in [-0.1, -0.05) is 32.0 Å². The monoisotopic (exact) mass is 327 g/mol. The van der Waals surface area contributed by atoms with E-state index in [2.05, 4.69) is 10.1 Å². The van der Waals surface area contributed by atoms with Crippen LogP contribution < -0.4 is 10.1 Å². The minimum absolute atomic E-state index is 0.0758. The summed E-state index contributed by atoms with van der Waals surface area (Å²) in [5.41, 5.74) is -0.00924. The zero-order valence-corrected chi connectivity index (χ0v) is 12.9. The maximum atomic E-state index is 12.3. The molecular formula is C16H19F2NO4. The van der Waals surface area contributed by atoms with Crippen molar-refractivity contribution in [3.05, 3.63) is 29.8 Å². The number of hydrogen-bond acceptors (Lipinski definition) is 3. The van der Waals surface area contributed by atoms with Gasteiger partial charge in [0.2, 0.25) is 5.91 Å². The van der Waals surface area contributed by atoms with Gasteiger partial charge in [0.1, 0.15) is 5.75 Å². The zero-order chi connectivity index (χ0) is 17.2. The molecule has 5 nitrogen and oxygen atoms in total. The van der Waals surface area contributed by atoms with Gasteiger partial charge in [-0.05, 0) is 23.5 Å². The molecule has 126 valence electrons. The van der Waals surface area contributed by atoms with Crippen LogP contribution in [0.3, 0.4) is 0 Å². The van der Waals surface area contributed by atoms with E-state index in [9.17, 15) is 18.4 Å². The number of alkyl halides is 2. The quantitative estimate of drug-likeness (QED) is 0.806. The molecular weight excluding hydrogens is 308 g/mol. The molecule has 0 saturated heterocycles. The fourth-order valence-corrected chi connectivity index (χ4v) is 2.94. The molecule has 2 N–H and O–H groups in total. The van der Waals surface area contributed by atoms with Gasteiger partial charge in [-0.3, -0.25) is 9.59 Å². The lowest BCUT2D eigenvalue weighted by Gasteiger charge is -2.11. The van der Waals surface area contributed by atoms with Gasteiger partial charge in [0.25, 0.3) is 0 Å². The molecule has 1 aliphatic rings. The number of rotatable bonds is 7. The van der Waals surface area contributed by atoms with Crippen molar-refractivity contribution in [2.24, 2.45) is 17.3 Å². The molecule has 0 radical (unpaired) electrons. The number of halogens is 2. The summed E-state index contributed by atoms with van der Waals surface area (Å²) >= 11 is 0. The number of nitrogens with one attached hydrogen (secondary N) is 1. The lowest BCUT2D eigenvalue weighted by molar-refractivity contribution is -0.140. The summed E-state index contributed by atoms with van der Waals surface area (Å²) in [5, 5.41) is 11.7. The molecule has 1 saturated carbocycles. The van der Waals surface area contributed by atoms with Crippen LogP contribution in [0.4, 0.5) is 8.78 Å². The molecule has 1 aromatic rings. The Morgan fingerprint density at radius 2 is 1.96 bits per heavy atom. The van der Waals surface area contributed by atoms with Crippen LogP contribution in [0, 0.1) is 17.3 Å². The molecule has 0 unspecified atom stereocenters. The Morgan fingerprint density at radius 3 is 2.52 bits per heavy atom. The number of carboxylic acid groups (broad SMARTS) is 1. The Bertz CT molecular complexity index is 603. The van der Waals surface area contributed by atoms with Crippen molar-refractivity contribution >= 4 is 11.9 Å². The number of carbonyl (C=O) groups excluding carboxylic acids is 1. The van der Waals surface area contributed by atoms with Crippen LogP contribution in [0.25, 0.3) is 0 Å². The average molecular weight is 327 g/mol. The number of para-hydroxylation sites is 1. The Kier molecular flexibility index (Phi) is 4.87. The van der Waals surface area contributed by atoms with Gasteiger partial charge in [-0.15, -0.1) is 0 Å². The Morgan fingerprint density at radius 1 is 1.30 bits per heavy atom. The van der Waals surface area contributed by atoms with E-state index in [1.54, 1.807) is 32.0 Å². The Labute approximate surface area is 132 Å². The highest BCUT2D eigenvalue weighted by molar-refractivity contribution is 5.91. The van der Waals surface area contributed by atoms with Gasteiger partial charge in [0.05, 0.1) is 11.8 Å². The number of amides is 1. The first-order valence-electron chi connectivity index (χ1n) is 7.28. The van der Waals surface area contributed by atoms with Crippen molar-refractivity contribution in [3.8, 4) is 5.75 Å². The molecule has 0 spiro atoms. The second kappa shape index (κ2) is 6.52. The number of carbonyl (C=O) groups is 2. The molecule has 1 aromatic carbocycles. The van der Waals surface area contributed by atoms with E-state index in [4.69, 9.17) is 5.11 Å². The Hall–Kier alpha value is -2.18. The van der Waals surface area contributed by atoms with E-state index < -0.39 is 29.8 Å². The van der Waals surface area contributed by atoms with Crippen LogP contribution >= 0.6 is 0 Å². The SMILES string of the molecule is CC1(C)[C@H](C(=O)O)[C@@H]1C(=O)NCCc1ccccc1OC(F)F. The number of benzene rings is 1. The van der Waals surface area contributed by atoms with E-state index in [1.807, 2.05) is 0 Å². The summed E-state index contributed by atoms with van der Waals surface area (Å²) < 4.78 is 29.1. The molecule has 7 heteroatoms. The van der Waals surface area contributed by atoms with Crippen LogP contribution in [0.5, 0.6) is 5.75 Å². The summed E-state index contributed by atoms with van der Waals surface area (Å²) in [4.78, 5) is 23.1. The molecule has 0 heterocycles. The third-order valence-electron chi connectivity index (χ3n) is 4.26. The third-order valence-corrected chi connectivity index (χ3v) is 4.26. The second-order valence-corrected chi connectivity index (χ2v) is 6.14.